The number of aromatic nitrogens is 2. The van der Waals surface area contributed by atoms with E-state index in [-0.39, 0.29) is 32.1 Å². The van der Waals surface area contributed by atoms with Crippen molar-refractivity contribution in [1.29, 1.82) is 0 Å². The van der Waals surface area contributed by atoms with Gasteiger partial charge in [-0.25, -0.2) is 17.2 Å². The van der Waals surface area contributed by atoms with Gasteiger partial charge >= 0.3 is 0 Å². The first kappa shape index (κ1) is 18.8. The Balaban J connectivity index is 1.75. The lowest BCUT2D eigenvalue weighted by atomic mass is 10.2. The molecule has 3 rings (SSSR count). The number of nitrogens with zero attached hydrogens (tertiary/aromatic N) is 4. The van der Waals surface area contributed by atoms with E-state index < -0.39 is 26.6 Å². The Hall–Kier alpha value is -1.98. The Kier molecular flexibility index (Phi) is 5.30. The molecule has 0 radical (unpaired) electrons. The van der Waals surface area contributed by atoms with Crippen LogP contribution in [-0.2, 0) is 16.4 Å². The number of aryl methyl sites for hydroxylation is 1. The summed E-state index contributed by atoms with van der Waals surface area (Å²) in [5.41, 5.74) is 0.600. The van der Waals surface area contributed by atoms with Crippen molar-refractivity contribution in [2.75, 3.05) is 26.2 Å². The highest BCUT2D eigenvalue weighted by molar-refractivity contribution is 7.89. The number of carbonyl (C=O) groups excluding carboxylic acids is 1. The van der Waals surface area contributed by atoms with E-state index in [1.165, 1.54) is 4.90 Å². The molecule has 1 aromatic carbocycles. The zero-order valence-corrected chi connectivity index (χ0v) is 15.5. The van der Waals surface area contributed by atoms with Gasteiger partial charge in [-0.2, -0.15) is 4.31 Å². The number of hydrogen-bond donors (Lipinski definition) is 0. The molecule has 0 aliphatic carbocycles. The van der Waals surface area contributed by atoms with E-state index in [1.54, 1.807) is 0 Å². The highest BCUT2D eigenvalue weighted by Crippen LogP contribution is 2.24. The van der Waals surface area contributed by atoms with Crippen molar-refractivity contribution in [3.8, 4) is 0 Å². The molecular weight excluding hydrogens is 386 g/mol. The van der Waals surface area contributed by atoms with Crippen LogP contribution in [-0.4, -0.2) is 59.3 Å². The number of rotatable bonds is 4. The lowest BCUT2D eigenvalue weighted by Gasteiger charge is -2.33. The minimum Gasteiger partial charge on any atom is -0.335 e. The first-order valence-corrected chi connectivity index (χ1v) is 10.1. The highest BCUT2D eigenvalue weighted by Gasteiger charge is 2.34. The Labute approximate surface area is 153 Å². The van der Waals surface area contributed by atoms with Crippen LogP contribution in [0.2, 0.25) is 0 Å². The lowest BCUT2D eigenvalue weighted by molar-refractivity contribution is 0.0701. The van der Waals surface area contributed by atoms with Gasteiger partial charge in [0, 0.05) is 26.2 Å². The first-order chi connectivity index (χ1) is 12.4. The lowest BCUT2D eigenvalue weighted by Crippen LogP contribution is -2.50. The van der Waals surface area contributed by atoms with Crippen molar-refractivity contribution >= 4 is 27.5 Å². The van der Waals surface area contributed by atoms with Crippen molar-refractivity contribution < 1.29 is 22.0 Å². The molecule has 26 heavy (non-hydrogen) atoms. The summed E-state index contributed by atoms with van der Waals surface area (Å²) < 4.78 is 57.6. The highest BCUT2D eigenvalue weighted by atomic mass is 32.2. The Morgan fingerprint density at radius 3 is 2.38 bits per heavy atom. The molecule has 7 nitrogen and oxygen atoms in total. The fourth-order valence-corrected chi connectivity index (χ4v) is 4.99. The summed E-state index contributed by atoms with van der Waals surface area (Å²) in [5, 5.41) is 3.90. The van der Waals surface area contributed by atoms with E-state index in [0.29, 0.717) is 17.0 Å². The Bertz CT molecular complexity index is 904. The molecular formula is C15H16F2N4O3S2. The molecule has 1 fully saturated rings. The van der Waals surface area contributed by atoms with Crippen molar-refractivity contribution in [2.45, 2.75) is 18.2 Å². The molecule has 0 atom stereocenters. The zero-order valence-electron chi connectivity index (χ0n) is 13.9. The first-order valence-electron chi connectivity index (χ1n) is 7.91. The average molecular weight is 402 g/mol. The fourth-order valence-electron chi connectivity index (χ4n) is 2.74. The number of halogens is 2. The van der Waals surface area contributed by atoms with Crippen molar-refractivity contribution in [2.24, 2.45) is 0 Å². The van der Waals surface area contributed by atoms with Crippen molar-refractivity contribution in [3.05, 3.63) is 40.4 Å². The maximum Gasteiger partial charge on any atom is 0.267 e. The second kappa shape index (κ2) is 7.33. The van der Waals surface area contributed by atoms with Gasteiger partial charge in [-0.05, 0) is 30.1 Å². The van der Waals surface area contributed by atoms with E-state index in [2.05, 4.69) is 9.59 Å². The summed E-state index contributed by atoms with van der Waals surface area (Å²) in [6, 6.07) is 2.91. The maximum atomic E-state index is 13.9. The summed E-state index contributed by atoms with van der Waals surface area (Å²) in [7, 11) is -4.32. The van der Waals surface area contributed by atoms with Crippen molar-refractivity contribution in [3.63, 3.8) is 0 Å². The molecule has 0 bridgehead atoms. The molecule has 140 valence electrons. The second-order valence-corrected chi connectivity index (χ2v) is 8.28. The van der Waals surface area contributed by atoms with Crippen LogP contribution < -0.4 is 0 Å². The zero-order chi connectivity index (χ0) is 18.9. The smallest absolute Gasteiger partial charge is 0.267 e. The number of sulfonamides is 1. The fraction of sp³-hybridized carbons (Fsp3) is 0.400. The minimum absolute atomic E-state index is 0.0461. The van der Waals surface area contributed by atoms with Crippen LogP contribution in [0.3, 0.4) is 0 Å². The van der Waals surface area contributed by atoms with Gasteiger partial charge in [0.25, 0.3) is 5.91 Å². The van der Waals surface area contributed by atoms with Crippen LogP contribution in [0.4, 0.5) is 8.78 Å². The molecule has 1 aromatic heterocycles. The largest absolute Gasteiger partial charge is 0.335 e. The van der Waals surface area contributed by atoms with Crippen LogP contribution in [0.25, 0.3) is 0 Å². The van der Waals surface area contributed by atoms with Gasteiger partial charge in [0.15, 0.2) is 4.90 Å². The van der Waals surface area contributed by atoms with Crippen molar-refractivity contribution in [1.82, 2.24) is 18.8 Å². The van der Waals surface area contributed by atoms with Crippen LogP contribution in [0.15, 0.2) is 23.1 Å². The van der Waals surface area contributed by atoms with E-state index in [1.807, 2.05) is 6.92 Å². The number of hydrogen-bond acceptors (Lipinski definition) is 6. The second-order valence-electron chi connectivity index (χ2n) is 5.65. The average Bonchev–Trinajstić information content (AvgIpc) is 3.09. The molecule has 1 aliphatic rings. The third-order valence-electron chi connectivity index (χ3n) is 4.13. The topological polar surface area (TPSA) is 83.5 Å². The molecule has 2 heterocycles. The normalized spacial score (nSPS) is 16.0. The summed E-state index contributed by atoms with van der Waals surface area (Å²) >= 11 is 1.000. The minimum atomic E-state index is -4.32. The summed E-state index contributed by atoms with van der Waals surface area (Å²) in [6.45, 7) is 2.01. The molecule has 0 unspecified atom stereocenters. The molecule has 1 saturated heterocycles. The summed E-state index contributed by atoms with van der Waals surface area (Å²) in [4.78, 5) is 13.5. The predicted octanol–water partition coefficient (Wildman–Crippen LogP) is 1.53. The maximum absolute atomic E-state index is 13.9. The number of carbonyl (C=O) groups is 1. The van der Waals surface area contributed by atoms with E-state index in [4.69, 9.17) is 0 Å². The predicted molar refractivity (Wildman–Crippen MR) is 90.3 cm³/mol. The molecule has 1 aliphatic heterocycles. The van der Waals surface area contributed by atoms with Gasteiger partial charge in [-0.1, -0.05) is 17.5 Å². The summed E-state index contributed by atoms with van der Waals surface area (Å²) in [6.07, 6.45) is 0.568. The monoisotopic (exact) mass is 402 g/mol. The molecule has 0 N–H and O–H groups in total. The summed E-state index contributed by atoms with van der Waals surface area (Å²) in [5.74, 6) is -2.52. The van der Waals surface area contributed by atoms with Gasteiger partial charge in [0.1, 0.15) is 16.5 Å². The number of amides is 1. The molecule has 0 spiro atoms. The third-order valence-corrected chi connectivity index (χ3v) is 6.83. The van der Waals surface area contributed by atoms with Gasteiger partial charge < -0.3 is 4.90 Å². The quantitative estimate of drug-likeness (QED) is 0.774. The van der Waals surface area contributed by atoms with Gasteiger partial charge in [-0.3, -0.25) is 4.79 Å². The van der Waals surface area contributed by atoms with Gasteiger partial charge in [0.05, 0.1) is 5.69 Å². The van der Waals surface area contributed by atoms with E-state index in [0.717, 1.165) is 34.0 Å². The Morgan fingerprint density at radius 2 is 1.81 bits per heavy atom. The van der Waals surface area contributed by atoms with Gasteiger partial charge in [0.2, 0.25) is 10.0 Å². The molecule has 11 heteroatoms. The van der Waals surface area contributed by atoms with Crippen LogP contribution in [0, 0.1) is 11.6 Å². The van der Waals surface area contributed by atoms with Gasteiger partial charge in [-0.15, -0.1) is 5.10 Å². The van der Waals surface area contributed by atoms with Crippen LogP contribution in [0.5, 0.6) is 0 Å². The van der Waals surface area contributed by atoms with E-state index >= 15 is 0 Å². The SMILES string of the molecule is CCc1nnsc1C(=O)N1CCN(S(=O)(=O)c2c(F)cccc2F)CC1. The molecule has 0 saturated carbocycles. The van der Waals surface area contributed by atoms with Crippen LogP contribution in [0.1, 0.15) is 22.3 Å². The standard InChI is InChI=1S/C15H16F2N4O3S2/c1-2-12-13(25-19-18-12)15(22)20-6-8-21(9-7-20)26(23,24)14-10(16)4-3-5-11(14)17/h3-5H,2,6-9H2,1H3. The molecule has 2 aromatic rings. The number of benzene rings is 1. The van der Waals surface area contributed by atoms with E-state index in [9.17, 15) is 22.0 Å². The van der Waals surface area contributed by atoms with Crippen LogP contribution >= 0.6 is 11.5 Å². The number of piperazine rings is 1. The third kappa shape index (κ3) is 3.33. The Morgan fingerprint density at radius 1 is 1.19 bits per heavy atom. The molecule has 1 amide bonds.